The minimum atomic E-state index is -1.55. The molecule has 0 aliphatic carbocycles. The first-order valence-corrected chi connectivity index (χ1v) is 10.1. The minimum Gasteiger partial charge on any atom is -0.477 e. The first kappa shape index (κ1) is 21.9. The number of rotatable bonds is 3. The van der Waals surface area contributed by atoms with Crippen molar-refractivity contribution in [1.82, 2.24) is 4.57 Å². The van der Waals surface area contributed by atoms with Gasteiger partial charge >= 0.3 is 5.97 Å². The first-order valence-electron chi connectivity index (χ1n) is 10.1. The molecule has 168 valence electrons. The number of anilines is 1. The molecule has 1 saturated heterocycles. The standard InChI is InChI=1S/C23H21F3N2O4/c1-11-9-27(6-5-19(11)29)21-12(2)20-14(8-17(21)26)22(30)15(23(31)32)10-28(20)18-4-3-13(24)7-16(18)25/h3-4,7-8,10-11,19,29H,5-6,9H2,1-2H3,(H,31,32)/t11-,19-/m1/s1. The molecule has 2 atom stereocenters. The molecule has 0 unspecified atom stereocenters. The molecule has 0 amide bonds. The van der Waals surface area contributed by atoms with Crippen LogP contribution in [0.25, 0.3) is 16.6 Å². The van der Waals surface area contributed by atoms with Crippen LogP contribution in [0, 0.1) is 30.3 Å². The average molecular weight is 446 g/mol. The summed E-state index contributed by atoms with van der Waals surface area (Å²) in [5.41, 5.74) is -1.12. The summed E-state index contributed by atoms with van der Waals surface area (Å²) in [5.74, 6) is -4.17. The van der Waals surface area contributed by atoms with E-state index in [1.165, 1.54) is 0 Å². The fourth-order valence-corrected chi connectivity index (χ4v) is 4.38. The van der Waals surface area contributed by atoms with E-state index in [1.807, 2.05) is 6.92 Å². The lowest BCUT2D eigenvalue weighted by molar-refractivity contribution is 0.0695. The Balaban J connectivity index is 2.07. The number of halogens is 3. The molecular formula is C23H21F3N2O4. The zero-order chi connectivity index (χ0) is 23.3. The Morgan fingerprint density at radius 3 is 2.50 bits per heavy atom. The maximum Gasteiger partial charge on any atom is 0.341 e. The zero-order valence-corrected chi connectivity index (χ0v) is 17.4. The SMILES string of the molecule is Cc1c(N2CC[C@@H](O)[C@H](C)C2)c(F)cc2c(=O)c(C(=O)O)cn(-c3ccc(F)cc3F)c12. The highest BCUT2D eigenvalue weighted by Gasteiger charge is 2.29. The topological polar surface area (TPSA) is 82.8 Å². The van der Waals surface area contributed by atoms with Crippen LogP contribution in [0.3, 0.4) is 0 Å². The Kier molecular flexibility index (Phi) is 5.46. The van der Waals surface area contributed by atoms with Crippen molar-refractivity contribution in [3.8, 4) is 5.69 Å². The second kappa shape index (κ2) is 7.98. The summed E-state index contributed by atoms with van der Waals surface area (Å²) in [4.78, 5) is 26.2. The van der Waals surface area contributed by atoms with Crippen molar-refractivity contribution in [2.75, 3.05) is 18.0 Å². The molecule has 0 bridgehead atoms. The summed E-state index contributed by atoms with van der Waals surface area (Å²) in [6, 6.07) is 3.74. The number of aliphatic hydroxyl groups excluding tert-OH is 1. The van der Waals surface area contributed by atoms with Crippen LogP contribution in [0.15, 0.2) is 35.3 Å². The van der Waals surface area contributed by atoms with E-state index in [0.29, 0.717) is 31.1 Å². The number of pyridine rings is 1. The van der Waals surface area contributed by atoms with Crippen LogP contribution in [0.4, 0.5) is 18.9 Å². The molecule has 0 saturated carbocycles. The summed E-state index contributed by atoms with van der Waals surface area (Å²) in [6.07, 6.45) is 0.885. The molecule has 3 aromatic rings. The lowest BCUT2D eigenvalue weighted by atomic mass is 9.95. The van der Waals surface area contributed by atoms with Crippen molar-refractivity contribution in [3.05, 3.63) is 69.3 Å². The molecule has 1 aromatic heterocycles. The second-order valence-electron chi connectivity index (χ2n) is 8.15. The van der Waals surface area contributed by atoms with E-state index in [2.05, 4.69) is 0 Å². The number of carboxylic acids is 1. The Morgan fingerprint density at radius 2 is 1.88 bits per heavy atom. The molecule has 2 aromatic carbocycles. The van der Waals surface area contributed by atoms with Gasteiger partial charge in [0.05, 0.1) is 28.4 Å². The summed E-state index contributed by atoms with van der Waals surface area (Å²) in [7, 11) is 0. The number of aliphatic hydroxyl groups is 1. The Morgan fingerprint density at radius 1 is 1.16 bits per heavy atom. The molecule has 1 fully saturated rings. The highest BCUT2D eigenvalue weighted by molar-refractivity contribution is 5.96. The Labute approximate surface area is 181 Å². The number of aromatic nitrogens is 1. The van der Waals surface area contributed by atoms with E-state index in [0.717, 1.165) is 29.0 Å². The van der Waals surface area contributed by atoms with Crippen molar-refractivity contribution in [3.63, 3.8) is 0 Å². The molecular weight excluding hydrogens is 425 g/mol. The van der Waals surface area contributed by atoms with Gasteiger partial charge in [0.1, 0.15) is 23.0 Å². The molecule has 6 nitrogen and oxygen atoms in total. The van der Waals surface area contributed by atoms with Gasteiger partial charge in [-0.3, -0.25) is 4.79 Å². The number of piperidine rings is 1. The molecule has 2 N–H and O–H groups in total. The van der Waals surface area contributed by atoms with Gasteiger partial charge in [-0.05, 0) is 37.5 Å². The third-order valence-electron chi connectivity index (χ3n) is 6.03. The average Bonchev–Trinajstić information content (AvgIpc) is 2.71. The molecule has 9 heteroatoms. The van der Waals surface area contributed by atoms with Gasteiger partial charge in [-0.1, -0.05) is 6.92 Å². The van der Waals surface area contributed by atoms with Crippen molar-refractivity contribution in [1.29, 1.82) is 0 Å². The number of carboxylic acid groups (broad SMARTS) is 1. The molecule has 2 heterocycles. The number of fused-ring (bicyclic) bond motifs is 1. The molecule has 1 aliphatic rings. The molecule has 1 aliphatic heterocycles. The molecule has 4 rings (SSSR count). The number of hydrogen-bond acceptors (Lipinski definition) is 4. The van der Waals surface area contributed by atoms with Gasteiger partial charge in [0.15, 0.2) is 0 Å². The van der Waals surface area contributed by atoms with Crippen LogP contribution in [-0.4, -0.2) is 39.9 Å². The lowest BCUT2D eigenvalue weighted by Gasteiger charge is -2.37. The number of benzene rings is 2. The monoisotopic (exact) mass is 446 g/mol. The third-order valence-corrected chi connectivity index (χ3v) is 6.03. The fourth-order valence-electron chi connectivity index (χ4n) is 4.38. The van der Waals surface area contributed by atoms with Crippen LogP contribution in [0.5, 0.6) is 0 Å². The quantitative estimate of drug-likeness (QED) is 0.642. The number of nitrogens with zero attached hydrogens (tertiary/aromatic N) is 2. The van der Waals surface area contributed by atoms with E-state index in [-0.39, 0.29) is 28.2 Å². The van der Waals surface area contributed by atoms with Crippen molar-refractivity contribution in [2.45, 2.75) is 26.4 Å². The summed E-state index contributed by atoms with van der Waals surface area (Å²) >= 11 is 0. The van der Waals surface area contributed by atoms with Crippen LogP contribution in [-0.2, 0) is 0 Å². The van der Waals surface area contributed by atoms with E-state index < -0.39 is 40.5 Å². The van der Waals surface area contributed by atoms with Crippen LogP contribution >= 0.6 is 0 Å². The van der Waals surface area contributed by atoms with Gasteiger partial charge in [-0.2, -0.15) is 0 Å². The Hall–Kier alpha value is -3.33. The van der Waals surface area contributed by atoms with Crippen LogP contribution in [0.2, 0.25) is 0 Å². The predicted molar refractivity (Wildman–Crippen MR) is 113 cm³/mol. The van der Waals surface area contributed by atoms with Crippen LogP contribution in [0.1, 0.15) is 29.3 Å². The van der Waals surface area contributed by atoms with Gasteiger partial charge in [0, 0.05) is 30.9 Å². The van der Waals surface area contributed by atoms with Gasteiger partial charge < -0.3 is 19.7 Å². The van der Waals surface area contributed by atoms with Crippen LogP contribution < -0.4 is 10.3 Å². The summed E-state index contributed by atoms with van der Waals surface area (Å²) in [6.45, 7) is 4.15. The van der Waals surface area contributed by atoms with Crippen molar-refractivity contribution in [2.24, 2.45) is 5.92 Å². The van der Waals surface area contributed by atoms with Crippen molar-refractivity contribution < 1.29 is 28.2 Å². The largest absolute Gasteiger partial charge is 0.477 e. The van der Waals surface area contributed by atoms with Gasteiger partial charge in [0.25, 0.3) is 0 Å². The number of carbonyl (C=O) groups is 1. The Bertz CT molecular complexity index is 1300. The lowest BCUT2D eigenvalue weighted by Crippen LogP contribution is -2.42. The first-order chi connectivity index (χ1) is 15.1. The predicted octanol–water partition coefficient (Wildman–Crippen LogP) is 3.62. The number of aromatic carboxylic acids is 1. The smallest absolute Gasteiger partial charge is 0.341 e. The maximum atomic E-state index is 15.2. The van der Waals surface area contributed by atoms with Gasteiger partial charge in [0.2, 0.25) is 5.43 Å². The van der Waals surface area contributed by atoms with E-state index in [4.69, 9.17) is 0 Å². The zero-order valence-electron chi connectivity index (χ0n) is 17.4. The van der Waals surface area contributed by atoms with Gasteiger partial charge in [-0.15, -0.1) is 0 Å². The number of hydrogen-bond donors (Lipinski definition) is 2. The second-order valence-corrected chi connectivity index (χ2v) is 8.15. The molecule has 0 radical (unpaired) electrons. The van der Waals surface area contributed by atoms with Gasteiger partial charge in [-0.25, -0.2) is 18.0 Å². The third kappa shape index (κ3) is 3.52. The van der Waals surface area contributed by atoms with E-state index in [1.54, 1.807) is 11.8 Å². The molecule has 32 heavy (non-hydrogen) atoms. The highest BCUT2D eigenvalue weighted by Crippen LogP contribution is 2.35. The summed E-state index contributed by atoms with van der Waals surface area (Å²) < 4.78 is 44.5. The summed E-state index contributed by atoms with van der Waals surface area (Å²) in [5, 5.41) is 19.3. The normalized spacial score (nSPS) is 18.9. The number of aryl methyl sites for hydroxylation is 1. The van der Waals surface area contributed by atoms with Crippen molar-refractivity contribution >= 4 is 22.6 Å². The molecule has 0 spiro atoms. The minimum absolute atomic E-state index is 0.121. The van der Waals surface area contributed by atoms with E-state index >= 15 is 4.39 Å². The fraction of sp³-hybridized carbons (Fsp3) is 0.304. The highest BCUT2D eigenvalue weighted by atomic mass is 19.1. The maximum absolute atomic E-state index is 15.2. The van der Waals surface area contributed by atoms with E-state index in [9.17, 15) is 28.6 Å².